The zero-order valence-corrected chi connectivity index (χ0v) is 11.2. The summed E-state index contributed by atoms with van der Waals surface area (Å²) in [5, 5.41) is 0. The average Bonchev–Trinajstić information content (AvgIpc) is 2.25. The first kappa shape index (κ1) is 15.0. The van der Waals surface area contributed by atoms with Crippen molar-refractivity contribution < 1.29 is 0 Å². The van der Waals surface area contributed by atoms with Crippen LogP contribution in [0.15, 0.2) is 12.2 Å². The van der Waals surface area contributed by atoms with Crippen LogP contribution < -0.4 is 5.73 Å². The fourth-order valence-electron chi connectivity index (χ4n) is 1.59. The topological polar surface area (TPSA) is 26.0 Å². The molecular weight excluding hydrogens is 202 g/mol. The maximum atomic E-state index is 6.03. The Bertz CT molecular complexity index is 157. The maximum absolute atomic E-state index is 6.03. The van der Waals surface area contributed by atoms with Crippen LogP contribution in [0, 0.1) is 0 Å². The van der Waals surface area contributed by atoms with Gasteiger partial charge in [-0.3, -0.25) is 0 Å². The van der Waals surface area contributed by atoms with E-state index in [1.807, 2.05) is 11.8 Å². The van der Waals surface area contributed by atoms with Crippen LogP contribution in [0.1, 0.15) is 51.9 Å². The van der Waals surface area contributed by atoms with Crippen LogP contribution in [0.3, 0.4) is 0 Å². The predicted molar refractivity (Wildman–Crippen MR) is 73.5 cm³/mol. The van der Waals surface area contributed by atoms with Gasteiger partial charge in [0.15, 0.2) is 0 Å². The molecule has 0 aromatic heterocycles. The number of rotatable bonds is 10. The van der Waals surface area contributed by atoms with E-state index in [0.717, 1.165) is 18.6 Å². The number of unbranched alkanes of at least 4 members (excludes halogenated alkanes) is 4. The van der Waals surface area contributed by atoms with Gasteiger partial charge in [-0.1, -0.05) is 44.8 Å². The highest BCUT2D eigenvalue weighted by atomic mass is 32.2. The van der Waals surface area contributed by atoms with E-state index < -0.39 is 0 Å². The zero-order chi connectivity index (χ0) is 11.5. The van der Waals surface area contributed by atoms with E-state index in [1.54, 1.807) is 0 Å². The molecular formula is C13H27NS. The maximum Gasteiger partial charge on any atom is 0.0258 e. The normalized spacial score (nSPS) is 12.7. The summed E-state index contributed by atoms with van der Waals surface area (Å²) in [4.78, 5) is 0. The SMILES string of the molecule is C=C(CCCCCCC)[C@@H](N)CCSC. The van der Waals surface area contributed by atoms with Crippen molar-refractivity contribution >= 4 is 11.8 Å². The van der Waals surface area contributed by atoms with Gasteiger partial charge in [0, 0.05) is 6.04 Å². The molecule has 0 saturated carbocycles. The first-order valence-electron chi connectivity index (χ1n) is 6.14. The zero-order valence-electron chi connectivity index (χ0n) is 10.4. The van der Waals surface area contributed by atoms with Crippen molar-refractivity contribution in [2.45, 2.75) is 57.9 Å². The van der Waals surface area contributed by atoms with Crippen LogP contribution in [-0.4, -0.2) is 18.1 Å². The Kier molecular flexibility index (Phi) is 10.6. The molecule has 0 aromatic rings. The van der Waals surface area contributed by atoms with Crippen molar-refractivity contribution in [3.8, 4) is 0 Å². The Morgan fingerprint density at radius 3 is 2.53 bits per heavy atom. The molecule has 1 atom stereocenters. The van der Waals surface area contributed by atoms with Gasteiger partial charge in [0.05, 0.1) is 0 Å². The van der Waals surface area contributed by atoms with Crippen LogP contribution in [0.5, 0.6) is 0 Å². The van der Waals surface area contributed by atoms with Crippen molar-refractivity contribution in [1.82, 2.24) is 0 Å². The molecule has 0 aromatic carbocycles. The Balaban J connectivity index is 3.38. The average molecular weight is 229 g/mol. The van der Waals surface area contributed by atoms with Crippen LogP contribution in [-0.2, 0) is 0 Å². The minimum Gasteiger partial charge on any atom is -0.324 e. The fourth-order valence-corrected chi connectivity index (χ4v) is 2.08. The minimum absolute atomic E-state index is 0.226. The highest BCUT2D eigenvalue weighted by molar-refractivity contribution is 7.98. The van der Waals surface area contributed by atoms with Gasteiger partial charge >= 0.3 is 0 Å². The lowest BCUT2D eigenvalue weighted by atomic mass is 10.0. The van der Waals surface area contributed by atoms with Crippen molar-refractivity contribution in [1.29, 1.82) is 0 Å². The minimum atomic E-state index is 0.226. The molecule has 90 valence electrons. The lowest BCUT2D eigenvalue weighted by molar-refractivity contribution is 0.609. The highest BCUT2D eigenvalue weighted by Gasteiger charge is 2.05. The lowest BCUT2D eigenvalue weighted by Gasteiger charge is -2.14. The molecule has 0 aliphatic heterocycles. The third-order valence-corrected chi connectivity index (χ3v) is 3.40. The van der Waals surface area contributed by atoms with Gasteiger partial charge in [0.1, 0.15) is 0 Å². The predicted octanol–water partition coefficient (Wildman–Crippen LogP) is 3.98. The molecule has 0 bridgehead atoms. The van der Waals surface area contributed by atoms with Crippen LogP contribution in [0.2, 0.25) is 0 Å². The van der Waals surface area contributed by atoms with E-state index in [4.69, 9.17) is 5.73 Å². The molecule has 2 heteroatoms. The van der Waals surface area contributed by atoms with Crippen LogP contribution >= 0.6 is 11.8 Å². The van der Waals surface area contributed by atoms with Gasteiger partial charge in [-0.05, 0) is 31.3 Å². The van der Waals surface area contributed by atoms with Crippen LogP contribution in [0.4, 0.5) is 0 Å². The number of hydrogen-bond donors (Lipinski definition) is 1. The third kappa shape index (κ3) is 9.01. The molecule has 0 radical (unpaired) electrons. The molecule has 1 nitrogen and oxygen atoms in total. The molecule has 0 unspecified atom stereocenters. The van der Waals surface area contributed by atoms with Gasteiger partial charge in [-0.2, -0.15) is 11.8 Å². The Hall–Kier alpha value is 0.0500. The Labute approximate surface area is 99.9 Å². The first-order chi connectivity index (χ1) is 7.22. The van der Waals surface area contributed by atoms with E-state index in [1.165, 1.54) is 37.7 Å². The van der Waals surface area contributed by atoms with Crippen molar-refractivity contribution in [3.63, 3.8) is 0 Å². The molecule has 0 rings (SSSR count). The summed E-state index contributed by atoms with van der Waals surface area (Å²) in [6, 6.07) is 0.226. The monoisotopic (exact) mass is 229 g/mol. The lowest BCUT2D eigenvalue weighted by Crippen LogP contribution is -2.22. The number of hydrogen-bond acceptors (Lipinski definition) is 2. The van der Waals surface area contributed by atoms with E-state index in [0.29, 0.717) is 0 Å². The summed E-state index contributed by atoms with van der Waals surface area (Å²) in [6.45, 7) is 6.34. The van der Waals surface area contributed by atoms with Crippen molar-refractivity contribution in [2.24, 2.45) is 5.73 Å². The van der Waals surface area contributed by atoms with Crippen LogP contribution in [0.25, 0.3) is 0 Å². The van der Waals surface area contributed by atoms with E-state index in [2.05, 4.69) is 19.8 Å². The third-order valence-electron chi connectivity index (χ3n) is 2.76. The van der Waals surface area contributed by atoms with Crippen molar-refractivity contribution in [2.75, 3.05) is 12.0 Å². The van der Waals surface area contributed by atoms with E-state index in [-0.39, 0.29) is 6.04 Å². The molecule has 0 heterocycles. The Morgan fingerprint density at radius 1 is 1.27 bits per heavy atom. The number of thioether (sulfide) groups is 1. The van der Waals surface area contributed by atoms with E-state index in [9.17, 15) is 0 Å². The van der Waals surface area contributed by atoms with Gasteiger partial charge in [0.2, 0.25) is 0 Å². The quantitative estimate of drug-likeness (QED) is 0.453. The van der Waals surface area contributed by atoms with Gasteiger partial charge in [-0.25, -0.2) is 0 Å². The smallest absolute Gasteiger partial charge is 0.0258 e. The van der Waals surface area contributed by atoms with E-state index >= 15 is 0 Å². The molecule has 15 heavy (non-hydrogen) atoms. The molecule has 0 amide bonds. The second-order valence-electron chi connectivity index (χ2n) is 4.21. The molecule has 0 aliphatic rings. The summed E-state index contributed by atoms with van der Waals surface area (Å²) in [5.41, 5.74) is 7.28. The van der Waals surface area contributed by atoms with Crippen molar-refractivity contribution in [3.05, 3.63) is 12.2 Å². The summed E-state index contributed by atoms with van der Waals surface area (Å²) >= 11 is 1.86. The summed E-state index contributed by atoms with van der Waals surface area (Å²) in [7, 11) is 0. The molecule has 0 fully saturated rings. The van der Waals surface area contributed by atoms with Gasteiger partial charge < -0.3 is 5.73 Å². The first-order valence-corrected chi connectivity index (χ1v) is 7.54. The molecule has 2 N–H and O–H groups in total. The van der Waals surface area contributed by atoms with Gasteiger partial charge in [0.25, 0.3) is 0 Å². The summed E-state index contributed by atoms with van der Waals surface area (Å²) < 4.78 is 0. The summed E-state index contributed by atoms with van der Waals surface area (Å²) in [5.74, 6) is 1.15. The standard InChI is InChI=1S/C13H27NS/c1-4-5-6-7-8-9-12(2)13(14)10-11-15-3/h13H,2,4-11,14H2,1,3H3/t13-/m0/s1. The fraction of sp³-hybridized carbons (Fsp3) is 0.846. The Morgan fingerprint density at radius 2 is 1.93 bits per heavy atom. The second kappa shape index (κ2) is 10.6. The number of nitrogens with two attached hydrogens (primary N) is 1. The highest BCUT2D eigenvalue weighted by Crippen LogP contribution is 2.14. The molecule has 0 spiro atoms. The summed E-state index contributed by atoms with van der Waals surface area (Å²) in [6.07, 6.45) is 11.0. The second-order valence-corrected chi connectivity index (χ2v) is 5.20. The largest absolute Gasteiger partial charge is 0.324 e. The molecule has 0 aliphatic carbocycles. The van der Waals surface area contributed by atoms with Gasteiger partial charge in [-0.15, -0.1) is 0 Å². The molecule has 0 saturated heterocycles.